The molecule has 1 aromatic rings. The molecular weight excluding hydrogens is 221 g/mol. The lowest BCUT2D eigenvalue weighted by atomic mass is 10.1. The maximum Gasteiger partial charge on any atom is 0.318 e. The number of rotatable bonds is 2. The largest absolute Gasteiger partial charge is 0.318 e. The quantitative estimate of drug-likeness (QED) is 0.578. The number of thiol groups is 1. The highest BCUT2D eigenvalue weighted by Gasteiger charge is 2.42. The fraction of sp³-hybridized carbons (Fsp3) is 0.250. The molecule has 13 heavy (non-hydrogen) atoms. The first-order chi connectivity index (χ1) is 5.96. The number of benzene rings is 1. The van der Waals surface area contributed by atoms with Crippen LogP contribution >= 0.6 is 24.2 Å². The van der Waals surface area contributed by atoms with E-state index in [1.807, 2.05) is 0 Å². The van der Waals surface area contributed by atoms with Crippen molar-refractivity contribution in [2.75, 3.05) is 0 Å². The first-order valence-corrected chi connectivity index (χ1v) is 4.29. The third-order valence-corrected chi connectivity index (χ3v) is 2.20. The minimum atomic E-state index is -3.69. The summed E-state index contributed by atoms with van der Waals surface area (Å²) in [5, 5.41) is 0. The van der Waals surface area contributed by atoms with Crippen LogP contribution in [0.25, 0.3) is 0 Å². The van der Waals surface area contributed by atoms with Crippen LogP contribution in [0.15, 0.2) is 29.2 Å². The van der Waals surface area contributed by atoms with E-state index in [4.69, 9.17) is 11.6 Å². The Morgan fingerprint density at radius 1 is 1.31 bits per heavy atom. The molecular formula is C8H6ClF3S. The zero-order valence-electron chi connectivity index (χ0n) is 6.35. The molecule has 0 saturated carbocycles. The summed E-state index contributed by atoms with van der Waals surface area (Å²) in [6.07, 6.45) is 0. The van der Waals surface area contributed by atoms with Gasteiger partial charge in [0, 0.05) is 10.5 Å². The molecule has 0 radical (unpaired) electrons. The van der Waals surface area contributed by atoms with Crippen molar-refractivity contribution in [2.45, 2.75) is 16.4 Å². The highest BCUT2D eigenvalue weighted by atomic mass is 35.5. The summed E-state index contributed by atoms with van der Waals surface area (Å²) in [6.45, 7) is 0. The topological polar surface area (TPSA) is 0 Å². The van der Waals surface area contributed by atoms with E-state index in [1.165, 1.54) is 18.2 Å². The van der Waals surface area contributed by atoms with Crippen molar-refractivity contribution in [3.8, 4) is 0 Å². The van der Waals surface area contributed by atoms with Gasteiger partial charge in [0.05, 0.1) is 0 Å². The summed E-state index contributed by atoms with van der Waals surface area (Å²) in [6, 6.07) is 5.36. The molecule has 0 amide bonds. The van der Waals surface area contributed by atoms with Crippen molar-refractivity contribution < 1.29 is 13.2 Å². The van der Waals surface area contributed by atoms with Crippen LogP contribution in [-0.2, 0) is 5.92 Å². The first kappa shape index (κ1) is 10.7. The summed E-state index contributed by atoms with van der Waals surface area (Å²) in [5.41, 5.74) is -3.23. The monoisotopic (exact) mass is 226 g/mol. The molecule has 0 spiro atoms. The van der Waals surface area contributed by atoms with Crippen LogP contribution in [0.5, 0.6) is 0 Å². The van der Waals surface area contributed by atoms with Crippen molar-refractivity contribution in [2.24, 2.45) is 0 Å². The standard InChI is InChI=1S/C8H6ClF3S/c9-7(10)8(11,12)5-3-1-2-4-6(5)13/h1-4,7,13H. The van der Waals surface area contributed by atoms with E-state index in [1.54, 1.807) is 0 Å². The molecule has 0 aliphatic rings. The average Bonchev–Trinajstić information content (AvgIpc) is 2.04. The Balaban J connectivity index is 3.14. The molecule has 0 N–H and O–H groups in total. The van der Waals surface area contributed by atoms with Crippen LogP contribution in [0.1, 0.15) is 5.56 Å². The Labute approximate surface area is 84.1 Å². The fourth-order valence-electron chi connectivity index (χ4n) is 0.873. The van der Waals surface area contributed by atoms with Crippen LogP contribution in [0.4, 0.5) is 13.2 Å². The summed E-state index contributed by atoms with van der Waals surface area (Å²) >= 11 is 8.51. The van der Waals surface area contributed by atoms with Crippen molar-refractivity contribution >= 4 is 24.2 Å². The van der Waals surface area contributed by atoms with E-state index in [9.17, 15) is 13.2 Å². The van der Waals surface area contributed by atoms with E-state index >= 15 is 0 Å². The average molecular weight is 227 g/mol. The van der Waals surface area contributed by atoms with Gasteiger partial charge in [-0.3, -0.25) is 0 Å². The molecule has 0 fully saturated rings. The SMILES string of the molecule is FC(Cl)C(F)(F)c1ccccc1S. The Morgan fingerprint density at radius 3 is 2.31 bits per heavy atom. The molecule has 5 heteroatoms. The van der Waals surface area contributed by atoms with E-state index in [0.29, 0.717) is 0 Å². The maximum absolute atomic E-state index is 13.0. The summed E-state index contributed by atoms with van der Waals surface area (Å²) in [5.74, 6) is -3.69. The molecule has 1 atom stereocenters. The van der Waals surface area contributed by atoms with Gasteiger partial charge in [0.25, 0.3) is 0 Å². The molecule has 0 nitrogen and oxygen atoms in total. The highest BCUT2D eigenvalue weighted by molar-refractivity contribution is 7.80. The van der Waals surface area contributed by atoms with Gasteiger partial charge >= 0.3 is 5.92 Å². The Morgan fingerprint density at radius 2 is 1.85 bits per heavy atom. The molecule has 72 valence electrons. The van der Waals surface area contributed by atoms with E-state index < -0.39 is 17.1 Å². The van der Waals surface area contributed by atoms with Gasteiger partial charge < -0.3 is 0 Å². The molecule has 1 rings (SSSR count). The number of hydrogen-bond acceptors (Lipinski definition) is 1. The second-order valence-electron chi connectivity index (χ2n) is 2.44. The van der Waals surface area contributed by atoms with E-state index in [-0.39, 0.29) is 4.90 Å². The van der Waals surface area contributed by atoms with E-state index in [0.717, 1.165) is 6.07 Å². The van der Waals surface area contributed by atoms with Crippen LogP contribution in [0.2, 0.25) is 0 Å². The third kappa shape index (κ3) is 2.11. The molecule has 0 heterocycles. The van der Waals surface area contributed by atoms with Crippen LogP contribution < -0.4 is 0 Å². The number of halogens is 4. The maximum atomic E-state index is 13.0. The van der Waals surface area contributed by atoms with Crippen molar-refractivity contribution in [1.29, 1.82) is 0 Å². The van der Waals surface area contributed by atoms with Gasteiger partial charge in [0.1, 0.15) is 0 Å². The number of hydrogen-bond donors (Lipinski definition) is 1. The molecule has 0 aliphatic carbocycles. The second-order valence-corrected chi connectivity index (χ2v) is 3.31. The van der Waals surface area contributed by atoms with E-state index in [2.05, 4.69) is 12.6 Å². The highest BCUT2D eigenvalue weighted by Crippen LogP contribution is 2.38. The van der Waals surface area contributed by atoms with Gasteiger partial charge in [0.2, 0.25) is 5.63 Å². The fourth-order valence-corrected chi connectivity index (χ4v) is 1.30. The number of alkyl halides is 4. The predicted molar refractivity (Wildman–Crippen MR) is 48.3 cm³/mol. The normalized spacial score (nSPS) is 14.2. The van der Waals surface area contributed by atoms with Crippen LogP contribution in [0, 0.1) is 0 Å². The van der Waals surface area contributed by atoms with Gasteiger partial charge in [-0.2, -0.15) is 8.78 Å². The minimum Gasteiger partial charge on any atom is -0.223 e. The molecule has 0 bridgehead atoms. The van der Waals surface area contributed by atoms with Gasteiger partial charge in [0.15, 0.2) is 0 Å². The first-order valence-electron chi connectivity index (χ1n) is 3.40. The summed E-state index contributed by atoms with van der Waals surface area (Å²) < 4.78 is 38.3. The smallest absolute Gasteiger partial charge is 0.223 e. The molecule has 1 unspecified atom stereocenters. The summed E-state index contributed by atoms with van der Waals surface area (Å²) in [4.78, 5) is 0.0239. The molecule has 0 aromatic heterocycles. The minimum absolute atomic E-state index is 0.0239. The molecule has 0 aliphatic heterocycles. The van der Waals surface area contributed by atoms with Crippen molar-refractivity contribution in [3.63, 3.8) is 0 Å². The van der Waals surface area contributed by atoms with Gasteiger partial charge in [-0.25, -0.2) is 4.39 Å². The zero-order valence-corrected chi connectivity index (χ0v) is 8.00. The third-order valence-electron chi connectivity index (χ3n) is 1.54. The lowest BCUT2D eigenvalue weighted by Crippen LogP contribution is -2.23. The Bertz CT molecular complexity index is 301. The lowest BCUT2D eigenvalue weighted by molar-refractivity contribution is -0.0486. The second kappa shape index (κ2) is 3.80. The van der Waals surface area contributed by atoms with Gasteiger partial charge in [-0.1, -0.05) is 29.8 Å². The Kier molecular flexibility index (Phi) is 3.14. The summed E-state index contributed by atoms with van der Waals surface area (Å²) in [7, 11) is 0. The van der Waals surface area contributed by atoms with Gasteiger partial charge in [-0.15, -0.1) is 12.6 Å². The van der Waals surface area contributed by atoms with Gasteiger partial charge in [-0.05, 0) is 6.07 Å². The van der Waals surface area contributed by atoms with Crippen molar-refractivity contribution in [3.05, 3.63) is 29.8 Å². The zero-order chi connectivity index (χ0) is 10.1. The molecule has 1 aromatic carbocycles. The predicted octanol–water partition coefficient (Wildman–Crippen LogP) is 3.60. The van der Waals surface area contributed by atoms with Crippen molar-refractivity contribution in [1.82, 2.24) is 0 Å². The van der Waals surface area contributed by atoms with Crippen LogP contribution in [-0.4, -0.2) is 5.63 Å². The van der Waals surface area contributed by atoms with Crippen LogP contribution in [0.3, 0.4) is 0 Å². The lowest BCUT2D eigenvalue weighted by Gasteiger charge is -2.17. The Hall–Kier alpha value is -0.350. The molecule has 0 saturated heterocycles.